The highest BCUT2D eigenvalue weighted by atomic mass is 35.5. The summed E-state index contributed by atoms with van der Waals surface area (Å²) in [6.07, 6.45) is 0.607. The van der Waals surface area contributed by atoms with Crippen LogP contribution >= 0.6 is 11.6 Å². The molecule has 0 saturated carbocycles. The number of ketones is 1. The molecule has 1 atom stereocenters. The lowest BCUT2D eigenvalue weighted by molar-refractivity contribution is -0.144. The summed E-state index contributed by atoms with van der Waals surface area (Å²) in [5.74, 6) is -0.489. The van der Waals surface area contributed by atoms with Gasteiger partial charge in [0.1, 0.15) is 11.5 Å². The van der Waals surface area contributed by atoms with Crippen LogP contribution in [0.4, 0.5) is 0 Å². The lowest BCUT2D eigenvalue weighted by Crippen LogP contribution is -2.22. The predicted molar refractivity (Wildman–Crippen MR) is 88.6 cm³/mol. The zero-order chi connectivity index (χ0) is 17.3. The molecule has 0 bridgehead atoms. The third-order valence-corrected chi connectivity index (χ3v) is 3.68. The van der Waals surface area contributed by atoms with E-state index in [1.807, 2.05) is 6.07 Å². The molecule has 3 rings (SSSR count). The molecule has 0 aromatic heterocycles. The van der Waals surface area contributed by atoms with Crippen LogP contribution in [0.25, 0.3) is 6.08 Å². The molecule has 1 aliphatic rings. The zero-order valence-corrected chi connectivity index (χ0v) is 13.4. The molecule has 1 aliphatic heterocycles. The predicted octanol–water partition coefficient (Wildman–Crippen LogP) is 3.81. The van der Waals surface area contributed by atoms with Crippen LogP contribution in [0.3, 0.4) is 0 Å². The van der Waals surface area contributed by atoms with E-state index < -0.39 is 12.1 Å². The zero-order valence-electron chi connectivity index (χ0n) is 12.7. The van der Waals surface area contributed by atoms with E-state index in [-0.39, 0.29) is 11.5 Å². The molecule has 1 heterocycles. The fourth-order valence-corrected chi connectivity index (χ4v) is 2.44. The molecule has 0 saturated heterocycles. The van der Waals surface area contributed by atoms with Crippen molar-refractivity contribution in [3.05, 3.63) is 64.4 Å². The minimum absolute atomic E-state index is 0.177. The van der Waals surface area contributed by atoms with Crippen molar-refractivity contribution in [2.75, 3.05) is 0 Å². The van der Waals surface area contributed by atoms with Gasteiger partial charge in [-0.15, -0.1) is 0 Å². The minimum Gasteiger partial charge on any atom is -0.479 e. The molecule has 6 heteroatoms. The number of hydrogen-bond donors (Lipinski definition) is 1. The quantitative estimate of drug-likeness (QED) is 0.854. The van der Waals surface area contributed by atoms with Crippen molar-refractivity contribution in [1.82, 2.24) is 0 Å². The largest absolute Gasteiger partial charge is 0.479 e. The van der Waals surface area contributed by atoms with E-state index in [1.165, 1.54) is 13.0 Å². The fourth-order valence-electron chi connectivity index (χ4n) is 2.24. The van der Waals surface area contributed by atoms with E-state index in [9.17, 15) is 9.59 Å². The summed E-state index contributed by atoms with van der Waals surface area (Å²) >= 11 is 5.93. The van der Waals surface area contributed by atoms with Gasteiger partial charge in [0.25, 0.3) is 0 Å². The molecule has 2 aromatic rings. The highest BCUT2D eigenvalue weighted by molar-refractivity contribution is 6.30. The van der Waals surface area contributed by atoms with Crippen molar-refractivity contribution in [1.29, 1.82) is 0 Å². The maximum atomic E-state index is 12.4. The van der Waals surface area contributed by atoms with Gasteiger partial charge in [0.2, 0.25) is 5.78 Å². The molecular weight excluding hydrogens is 332 g/mol. The van der Waals surface area contributed by atoms with Gasteiger partial charge in [-0.25, -0.2) is 4.79 Å². The van der Waals surface area contributed by atoms with Crippen molar-refractivity contribution in [2.24, 2.45) is 0 Å². The van der Waals surface area contributed by atoms with Gasteiger partial charge in [-0.05, 0) is 42.8 Å². The Labute approximate surface area is 143 Å². The number of ether oxygens (including phenoxy) is 2. The Morgan fingerprint density at radius 3 is 2.79 bits per heavy atom. The molecule has 5 nitrogen and oxygen atoms in total. The normalized spacial score (nSPS) is 15.8. The molecular formula is C18H13ClO5. The molecule has 0 aliphatic carbocycles. The second-order valence-corrected chi connectivity index (χ2v) is 5.69. The molecule has 0 amide bonds. The summed E-state index contributed by atoms with van der Waals surface area (Å²) < 4.78 is 10.9. The number of rotatable bonds is 4. The maximum absolute atomic E-state index is 12.4. The van der Waals surface area contributed by atoms with Gasteiger partial charge in [-0.3, -0.25) is 4.79 Å². The number of benzene rings is 2. The summed E-state index contributed by atoms with van der Waals surface area (Å²) in [4.78, 5) is 23.2. The van der Waals surface area contributed by atoms with Crippen LogP contribution in [0.15, 0.2) is 48.2 Å². The Bertz CT molecular complexity index is 856. The van der Waals surface area contributed by atoms with Crippen LogP contribution in [-0.2, 0) is 4.79 Å². The Hall–Kier alpha value is -2.79. The van der Waals surface area contributed by atoms with Crippen LogP contribution < -0.4 is 9.47 Å². The third kappa shape index (κ3) is 3.26. The number of carboxylic acids is 1. The molecule has 0 radical (unpaired) electrons. The van der Waals surface area contributed by atoms with Crippen LogP contribution in [0.5, 0.6) is 11.5 Å². The van der Waals surface area contributed by atoms with Gasteiger partial charge >= 0.3 is 5.97 Å². The topological polar surface area (TPSA) is 72.8 Å². The van der Waals surface area contributed by atoms with Gasteiger partial charge in [-0.1, -0.05) is 23.7 Å². The summed E-state index contributed by atoms with van der Waals surface area (Å²) in [6, 6.07) is 11.6. The Morgan fingerprint density at radius 2 is 2.08 bits per heavy atom. The van der Waals surface area contributed by atoms with Crippen molar-refractivity contribution < 1.29 is 24.2 Å². The van der Waals surface area contributed by atoms with Crippen LogP contribution in [0.1, 0.15) is 22.8 Å². The number of allylic oxidation sites excluding steroid dienone is 1. The minimum atomic E-state index is -1.07. The number of halogens is 1. The molecule has 0 unspecified atom stereocenters. The van der Waals surface area contributed by atoms with E-state index in [0.29, 0.717) is 22.1 Å². The van der Waals surface area contributed by atoms with Crippen molar-refractivity contribution in [2.45, 2.75) is 13.0 Å². The van der Waals surface area contributed by atoms with Crippen LogP contribution in [0, 0.1) is 0 Å². The second kappa shape index (κ2) is 6.37. The number of hydrogen-bond acceptors (Lipinski definition) is 4. The van der Waals surface area contributed by atoms with Crippen molar-refractivity contribution in [3.8, 4) is 11.5 Å². The van der Waals surface area contributed by atoms with Gasteiger partial charge < -0.3 is 14.6 Å². The Kier molecular flexibility index (Phi) is 4.27. The van der Waals surface area contributed by atoms with E-state index in [0.717, 1.165) is 5.56 Å². The Morgan fingerprint density at radius 1 is 1.29 bits per heavy atom. The van der Waals surface area contributed by atoms with Gasteiger partial charge in [0.15, 0.2) is 11.9 Å². The summed E-state index contributed by atoms with van der Waals surface area (Å²) in [5, 5.41) is 9.44. The summed E-state index contributed by atoms with van der Waals surface area (Å²) in [7, 11) is 0. The molecule has 0 spiro atoms. The number of carboxylic acid groups (broad SMARTS) is 1. The molecule has 2 aromatic carbocycles. The Balaban J connectivity index is 1.86. The van der Waals surface area contributed by atoms with Crippen molar-refractivity contribution in [3.63, 3.8) is 0 Å². The first-order valence-electron chi connectivity index (χ1n) is 7.17. The number of aliphatic carboxylic acids is 1. The number of carbonyl (C=O) groups excluding carboxylic acids is 1. The average molecular weight is 345 g/mol. The average Bonchev–Trinajstić information content (AvgIpc) is 2.83. The van der Waals surface area contributed by atoms with E-state index in [1.54, 1.807) is 36.4 Å². The summed E-state index contributed by atoms with van der Waals surface area (Å²) in [6.45, 7) is 1.42. The fraction of sp³-hybridized carbons (Fsp3) is 0.111. The van der Waals surface area contributed by atoms with Crippen LogP contribution in [-0.4, -0.2) is 23.0 Å². The highest BCUT2D eigenvalue weighted by Gasteiger charge is 2.28. The first-order chi connectivity index (χ1) is 11.4. The summed E-state index contributed by atoms with van der Waals surface area (Å²) in [5.41, 5.74) is 1.15. The number of carbonyl (C=O) groups is 2. The maximum Gasteiger partial charge on any atom is 0.344 e. The lowest BCUT2D eigenvalue weighted by atomic mass is 10.1. The number of fused-ring (bicyclic) bond motifs is 1. The van der Waals surface area contributed by atoms with E-state index in [2.05, 4.69) is 0 Å². The first kappa shape index (κ1) is 16.1. The van der Waals surface area contributed by atoms with Gasteiger partial charge in [0, 0.05) is 11.1 Å². The third-order valence-electron chi connectivity index (χ3n) is 3.45. The van der Waals surface area contributed by atoms with Crippen molar-refractivity contribution >= 4 is 29.4 Å². The van der Waals surface area contributed by atoms with E-state index >= 15 is 0 Å². The monoisotopic (exact) mass is 344 g/mol. The lowest BCUT2D eigenvalue weighted by Gasteiger charge is -2.10. The first-order valence-corrected chi connectivity index (χ1v) is 7.55. The SMILES string of the molecule is C[C@H](Oc1ccc2c(c1)O/C(=C\c1cccc(Cl)c1)C2=O)C(=O)O. The van der Waals surface area contributed by atoms with Gasteiger partial charge in [0.05, 0.1) is 5.56 Å². The second-order valence-electron chi connectivity index (χ2n) is 5.25. The molecule has 24 heavy (non-hydrogen) atoms. The smallest absolute Gasteiger partial charge is 0.344 e. The highest BCUT2D eigenvalue weighted by Crippen LogP contribution is 2.35. The molecule has 1 N–H and O–H groups in total. The van der Waals surface area contributed by atoms with Crippen LogP contribution in [0.2, 0.25) is 5.02 Å². The van der Waals surface area contributed by atoms with Gasteiger partial charge in [-0.2, -0.15) is 0 Å². The number of Topliss-reactive ketones (excluding diaryl/α,β-unsaturated/α-hetero) is 1. The molecule has 0 fully saturated rings. The molecule has 122 valence electrons. The standard InChI is InChI=1S/C18H13ClO5/c1-10(18(21)22)23-13-5-6-14-15(9-13)24-16(17(14)20)8-11-3-2-4-12(19)7-11/h2-10H,1H3,(H,21,22)/b16-8-/t10-/m0/s1. The van der Waals surface area contributed by atoms with E-state index in [4.69, 9.17) is 26.2 Å².